The first kappa shape index (κ1) is 12.9. The zero-order valence-electron chi connectivity index (χ0n) is 10.5. The van der Waals surface area contributed by atoms with E-state index in [0.29, 0.717) is 6.54 Å². The molecular formula is C14H18FNO2. The topological polar surface area (TPSA) is 49.3 Å². The summed E-state index contributed by atoms with van der Waals surface area (Å²) in [5, 5.41) is 12.3. The van der Waals surface area contributed by atoms with Gasteiger partial charge in [-0.05, 0) is 30.4 Å². The van der Waals surface area contributed by atoms with Gasteiger partial charge in [0.25, 0.3) is 5.91 Å². The van der Waals surface area contributed by atoms with Crippen molar-refractivity contribution in [2.45, 2.75) is 32.6 Å². The second-order valence-corrected chi connectivity index (χ2v) is 5.36. The minimum absolute atomic E-state index is 0.123. The number of carbonyl (C=O) groups is 1. The molecule has 1 aromatic rings. The first-order valence-electron chi connectivity index (χ1n) is 6.27. The largest absolute Gasteiger partial charge is 0.507 e. The predicted molar refractivity (Wildman–Crippen MR) is 67.0 cm³/mol. The average Bonchev–Trinajstić information content (AvgIpc) is 2.74. The molecule has 1 aromatic carbocycles. The van der Waals surface area contributed by atoms with Gasteiger partial charge in [-0.2, -0.15) is 0 Å². The van der Waals surface area contributed by atoms with Crippen LogP contribution in [0, 0.1) is 11.2 Å². The highest BCUT2D eigenvalue weighted by molar-refractivity contribution is 5.96. The van der Waals surface area contributed by atoms with Crippen LogP contribution < -0.4 is 5.32 Å². The molecule has 18 heavy (non-hydrogen) atoms. The van der Waals surface area contributed by atoms with E-state index in [1.807, 2.05) is 0 Å². The second kappa shape index (κ2) is 4.96. The molecule has 0 spiro atoms. The lowest BCUT2D eigenvalue weighted by atomic mass is 9.89. The van der Waals surface area contributed by atoms with Crippen molar-refractivity contribution in [1.82, 2.24) is 5.32 Å². The minimum atomic E-state index is -0.549. The zero-order valence-corrected chi connectivity index (χ0v) is 10.5. The third-order valence-corrected chi connectivity index (χ3v) is 3.69. The minimum Gasteiger partial charge on any atom is -0.507 e. The van der Waals surface area contributed by atoms with Crippen molar-refractivity contribution in [1.29, 1.82) is 0 Å². The summed E-state index contributed by atoms with van der Waals surface area (Å²) in [6.07, 6.45) is 4.63. The molecule has 4 heteroatoms. The van der Waals surface area contributed by atoms with Crippen LogP contribution in [0.5, 0.6) is 5.75 Å². The fourth-order valence-corrected chi connectivity index (χ4v) is 2.49. The van der Waals surface area contributed by atoms with Crippen LogP contribution in [0.15, 0.2) is 18.2 Å². The summed E-state index contributed by atoms with van der Waals surface area (Å²) in [6, 6.07) is 3.43. The van der Waals surface area contributed by atoms with Gasteiger partial charge in [-0.1, -0.05) is 19.8 Å². The van der Waals surface area contributed by atoms with E-state index >= 15 is 0 Å². The van der Waals surface area contributed by atoms with Gasteiger partial charge >= 0.3 is 0 Å². The number of phenols is 1. The van der Waals surface area contributed by atoms with E-state index in [2.05, 4.69) is 12.2 Å². The van der Waals surface area contributed by atoms with Crippen LogP contribution in [0.3, 0.4) is 0 Å². The molecule has 2 N–H and O–H groups in total. The Kier molecular flexibility index (Phi) is 3.55. The molecule has 0 atom stereocenters. The summed E-state index contributed by atoms with van der Waals surface area (Å²) < 4.78 is 12.8. The Hall–Kier alpha value is -1.58. The molecule has 0 heterocycles. The van der Waals surface area contributed by atoms with Crippen LogP contribution in [0.25, 0.3) is 0 Å². The number of benzene rings is 1. The standard InChI is InChI=1S/C14H18FNO2/c1-14(6-2-3-7-14)9-16-13(18)11-5-4-10(15)8-12(11)17/h4-5,8,17H,2-3,6-7,9H2,1H3,(H,16,18). The number of hydrogen-bond donors (Lipinski definition) is 2. The molecular weight excluding hydrogens is 233 g/mol. The average molecular weight is 251 g/mol. The Balaban J connectivity index is 1.99. The quantitative estimate of drug-likeness (QED) is 0.867. The molecule has 1 aliphatic rings. The van der Waals surface area contributed by atoms with Gasteiger partial charge in [0, 0.05) is 12.6 Å². The molecule has 1 aliphatic carbocycles. The van der Waals surface area contributed by atoms with Crippen LogP contribution in [0.1, 0.15) is 43.0 Å². The summed E-state index contributed by atoms with van der Waals surface area (Å²) in [5.74, 6) is -1.21. The van der Waals surface area contributed by atoms with Gasteiger partial charge in [-0.25, -0.2) is 4.39 Å². The second-order valence-electron chi connectivity index (χ2n) is 5.36. The molecule has 0 aromatic heterocycles. The van der Waals surface area contributed by atoms with E-state index in [4.69, 9.17) is 0 Å². The highest BCUT2D eigenvalue weighted by atomic mass is 19.1. The van der Waals surface area contributed by atoms with Gasteiger partial charge in [0.1, 0.15) is 11.6 Å². The molecule has 1 fully saturated rings. The molecule has 2 rings (SSSR count). The van der Waals surface area contributed by atoms with Gasteiger partial charge in [0.2, 0.25) is 0 Å². The maximum absolute atomic E-state index is 12.8. The number of halogens is 1. The van der Waals surface area contributed by atoms with E-state index in [1.54, 1.807) is 0 Å². The van der Waals surface area contributed by atoms with Gasteiger partial charge in [0.15, 0.2) is 0 Å². The van der Waals surface area contributed by atoms with Crippen molar-refractivity contribution in [3.05, 3.63) is 29.6 Å². The molecule has 98 valence electrons. The lowest BCUT2D eigenvalue weighted by molar-refractivity contribution is 0.0931. The van der Waals surface area contributed by atoms with Gasteiger partial charge < -0.3 is 10.4 Å². The Labute approximate surface area is 106 Å². The smallest absolute Gasteiger partial charge is 0.255 e. The van der Waals surface area contributed by atoms with Crippen molar-refractivity contribution >= 4 is 5.91 Å². The van der Waals surface area contributed by atoms with Crippen molar-refractivity contribution in [3.63, 3.8) is 0 Å². The van der Waals surface area contributed by atoms with Gasteiger partial charge in [0.05, 0.1) is 5.56 Å². The third-order valence-electron chi connectivity index (χ3n) is 3.69. The lowest BCUT2D eigenvalue weighted by Crippen LogP contribution is -2.34. The SMILES string of the molecule is CC1(CNC(=O)c2ccc(F)cc2O)CCCC1. The van der Waals surface area contributed by atoms with Gasteiger partial charge in [-0.3, -0.25) is 4.79 Å². The first-order chi connectivity index (χ1) is 8.50. The Bertz CT molecular complexity index is 453. The van der Waals surface area contributed by atoms with Crippen molar-refractivity contribution < 1.29 is 14.3 Å². The fraction of sp³-hybridized carbons (Fsp3) is 0.500. The van der Waals surface area contributed by atoms with E-state index in [1.165, 1.54) is 25.0 Å². The predicted octanol–water partition coefficient (Wildman–Crippen LogP) is 2.84. The molecule has 1 saturated carbocycles. The van der Waals surface area contributed by atoms with E-state index in [9.17, 15) is 14.3 Å². The summed E-state index contributed by atoms with van der Waals surface area (Å²) in [4.78, 5) is 11.9. The van der Waals surface area contributed by atoms with E-state index in [0.717, 1.165) is 18.9 Å². The van der Waals surface area contributed by atoms with Crippen molar-refractivity contribution in [2.75, 3.05) is 6.54 Å². The fourth-order valence-electron chi connectivity index (χ4n) is 2.49. The number of rotatable bonds is 3. The number of nitrogens with one attached hydrogen (secondary N) is 1. The number of amides is 1. The maximum atomic E-state index is 12.8. The Morgan fingerprint density at radius 3 is 2.72 bits per heavy atom. The Morgan fingerprint density at radius 1 is 1.44 bits per heavy atom. The lowest BCUT2D eigenvalue weighted by Gasteiger charge is -2.23. The van der Waals surface area contributed by atoms with E-state index < -0.39 is 5.82 Å². The highest BCUT2D eigenvalue weighted by Gasteiger charge is 2.29. The molecule has 3 nitrogen and oxygen atoms in total. The molecule has 0 saturated heterocycles. The third kappa shape index (κ3) is 2.81. The normalized spacial score (nSPS) is 17.7. The zero-order chi connectivity index (χ0) is 13.2. The molecule has 0 bridgehead atoms. The molecule has 0 radical (unpaired) electrons. The van der Waals surface area contributed by atoms with Crippen molar-refractivity contribution in [3.8, 4) is 5.75 Å². The summed E-state index contributed by atoms with van der Waals surface area (Å²) in [6.45, 7) is 2.76. The number of phenolic OH excluding ortho intramolecular Hbond substituents is 1. The summed E-state index contributed by atoms with van der Waals surface area (Å²) >= 11 is 0. The number of aromatic hydroxyl groups is 1. The van der Waals surface area contributed by atoms with Crippen LogP contribution in [0.4, 0.5) is 4.39 Å². The van der Waals surface area contributed by atoms with Gasteiger partial charge in [-0.15, -0.1) is 0 Å². The van der Waals surface area contributed by atoms with Crippen molar-refractivity contribution in [2.24, 2.45) is 5.41 Å². The van der Waals surface area contributed by atoms with Crippen LogP contribution >= 0.6 is 0 Å². The van der Waals surface area contributed by atoms with Crippen LogP contribution in [-0.2, 0) is 0 Å². The summed E-state index contributed by atoms with van der Waals surface area (Å²) in [7, 11) is 0. The van der Waals surface area contributed by atoms with E-state index in [-0.39, 0.29) is 22.6 Å². The number of hydrogen-bond acceptors (Lipinski definition) is 2. The molecule has 0 aliphatic heterocycles. The highest BCUT2D eigenvalue weighted by Crippen LogP contribution is 2.36. The van der Waals surface area contributed by atoms with Crippen LogP contribution in [0.2, 0.25) is 0 Å². The maximum Gasteiger partial charge on any atom is 0.255 e. The monoisotopic (exact) mass is 251 g/mol. The summed E-state index contributed by atoms with van der Waals surface area (Å²) in [5.41, 5.74) is 0.281. The van der Waals surface area contributed by atoms with Crippen LogP contribution in [-0.4, -0.2) is 17.6 Å². The number of carbonyl (C=O) groups excluding carboxylic acids is 1. The molecule has 1 amide bonds. The Morgan fingerprint density at radius 2 is 2.11 bits per heavy atom. The molecule has 0 unspecified atom stereocenters. The first-order valence-corrected chi connectivity index (χ1v) is 6.27.